The van der Waals surface area contributed by atoms with E-state index < -0.39 is 0 Å². The van der Waals surface area contributed by atoms with Crippen molar-refractivity contribution in [2.75, 3.05) is 21.3 Å². The topological polar surface area (TPSA) is 56.8 Å². The van der Waals surface area contributed by atoms with Crippen LogP contribution in [-0.2, 0) is 0 Å². The van der Waals surface area contributed by atoms with E-state index >= 15 is 0 Å². The molecular weight excluding hydrogens is 282 g/mol. The fraction of sp³-hybridized carbons (Fsp3) is 0.588. The molecule has 1 N–H and O–H groups in total. The molecule has 1 amide bonds. The fourth-order valence-electron chi connectivity index (χ4n) is 3.89. The lowest BCUT2D eigenvalue weighted by atomic mass is 9.95. The number of nitrogens with one attached hydrogen (secondary N) is 1. The second-order valence-electron chi connectivity index (χ2n) is 6.17. The van der Waals surface area contributed by atoms with Gasteiger partial charge in [-0.2, -0.15) is 0 Å². The lowest BCUT2D eigenvalue weighted by Crippen LogP contribution is -2.38. The van der Waals surface area contributed by atoms with E-state index in [2.05, 4.69) is 5.32 Å². The number of benzene rings is 1. The number of fused-ring (bicyclic) bond motifs is 2. The minimum atomic E-state index is -0.0724. The molecule has 2 fully saturated rings. The van der Waals surface area contributed by atoms with E-state index in [4.69, 9.17) is 14.2 Å². The summed E-state index contributed by atoms with van der Waals surface area (Å²) in [6, 6.07) is 3.71. The molecule has 2 aliphatic rings. The first-order valence-corrected chi connectivity index (χ1v) is 7.77. The summed E-state index contributed by atoms with van der Waals surface area (Å²) >= 11 is 0. The number of ether oxygens (including phenoxy) is 3. The highest BCUT2D eigenvalue weighted by Crippen LogP contribution is 2.44. The van der Waals surface area contributed by atoms with Crippen LogP contribution in [0.2, 0.25) is 0 Å². The summed E-state index contributed by atoms with van der Waals surface area (Å²) in [5.41, 5.74) is 0.539. The first-order chi connectivity index (χ1) is 10.7. The number of hydrogen-bond acceptors (Lipinski definition) is 4. The van der Waals surface area contributed by atoms with Crippen LogP contribution < -0.4 is 19.5 Å². The quantitative estimate of drug-likeness (QED) is 0.908. The summed E-state index contributed by atoms with van der Waals surface area (Å²) in [6.07, 6.45) is 4.94. The van der Waals surface area contributed by atoms with Crippen LogP contribution in [0.1, 0.15) is 36.0 Å². The Morgan fingerprint density at radius 2 is 1.73 bits per heavy atom. The van der Waals surface area contributed by atoms with Crippen molar-refractivity contribution in [2.45, 2.75) is 31.7 Å². The van der Waals surface area contributed by atoms with Gasteiger partial charge in [0.2, 0.25) is 5.75 Å². The second-order valence-corrected chi connectivity index (χ2v) is 6.17. The molecule has 1 aromatic carbocycles. The molecule has 3 rings (SSSR count). The average Bonchev–Trinajstić information content (AvgIpc) is 3.15. The van der Waals surface area contributed by atoms with Crippen LogP contribution in [0.4, 0.5) is 0 Å². The van der Waals surface area contributed by atoms with Crippen LogP contribution in [0.5, 0.6) is 17.2 Å². The van der Waals surface area contributed by atoms with Crippen molar-refractivity contribution in [3.8, 4) is 17.2 Å². The minimum absolute atomic E-state index is 0.0724. The smallest absolute Gasteiger partial charge is 0.251 e. The van der Waals surface area contributed by atoms with Crippen LogP contribution in [0.15, 0.2) is 12.1 Å². The van der Waals surface area contributed by atoms with Crippen molar-refractivity contribution in [1.82, 2.24) is 5.32 Å². The number of carbonyl (C=O) groups excluding carboxylic acids is 1. The Morgan fingerprint density at radius 3 is 2.18 bits per heavy atom. The molecule has 0 saturated heterocycles. The van der Waals surface area contributed by atoms with Gasteiger partial charge in [-0.3, -0.25) is 4.79 Å². The number of rotatable bonds is 5. The molecule has 5 nitrogen and oxygen atoms in total. The van der Waals surface area contributed by atoms with Gasteiger partial charge < -0.3 is 19.5 Å². The van der Waals surface area contributed by atoms with E-state index in [1.165, 1.54) is 19.3 Å². The van der Waals surface area contributed by atoms with Crippen LogP contribution >= 0.6 is 0 Å². The predicted octanol–water partition coefficient (Wildman–Crippen LogP) is 2.63. The van der Waals surface area contributed by atoms with E-state index in [9.17, 15) is 4.79 Å². The van der Waals surface area contributed by atoms with Gasteiger partial charge in [0.1, 0.15) is 0 Å². The first-order valence-electron chi connectivity index (χ1n) is 7.77. The van der Waals surface area contributed by atoms with Gasteiger partial charge in [0, 0.05) is 11.6 Å². The normalized spacial score (nSPS) is 25.9. The summed E-state index contributed by atoms with van der Waals surface area (Å²) in [6.45, 7) is 0. The molecule has 2 bridgehead atoms. The molecule has 2 aliphatic carbocycles. The Bertz CT molecular complexity index is 547. The van der Waals surface area contributed by atoms with Crippen LogP contribution in [0.3, 0.4) is 0 Å². The standard InChI is InChI=1S/C17H23NO4/c1-20-14-8-12(9-15(21-2)16(14)22-3)17(19)18-13-7-10-4-5-11(13)6-10/h8-11,13H,4-7H2,1-3H3,(H,18,19)/t10-,11-,13+/m0/s1. The summed E-state index contributed by atoms with van der Waals surface area (Å²) in [7, 11) is 4.65. The van der Waals surface area contributed by atoms with Crippen molar-refractivity contribution in [3.05, 3.63) is 17.7 Å². The second kappa shape index (κ2) is 6.07. The Balaban J connectivity index is 1.80. The van der Waals surface area contributed by atoms with E-state index in [0.717, 1.165) is 12.3 Å². The Morgan fingerprint density at radius 1 is 1.05 bits per heavy atom. The van der Waals surface area contributed by atoms with Crippen molar-refractivity contribution in [3.63, 3.8) is 0 Å². The zero-order chi connectivity index (χ0) is 15.7. The third kappa shape index (κ3) is 2.60. The molecule has 0 radical (unpaired) electrons. The van der Waals surface area contributed by atoms with Gasteiger partial charge >= 0.3 is 0 Å². The molecule has 5 heteroatoms. The Labute approximate surface area is 130 Å². The molecule has 3 atom stereocenters. The van der Waals surface area contributed by atoms with Gasteiger partial charge in [-0.1, -0.05) is 6.42 Å². The van der Waals surface area contributed by atoms with Gasteiger partial charge in [0.05, 0.1) is 21.3 Å². The lowest BCUT2D eigenvalue weighted by molar-refractivity contribution is 0.0922. The van der Waals surface area contributed by atoms with Crippen LogP contribution in [-0.4, -0.2) is 33.3 Å². The maximum Gasteiger partial charge on any atom is 0.251 e. The van der Waals surface area contributed by atoms with E-state index in [1.807, 2.05) is 0 Å². The van der Waals surface area contributed by atoms with Gasteiger partial charge in [-0.25, -0.2) is 0 Å². The van der Waals surface area contributed by atoms with Gasteiger partial charge in [0.25, 0.3) is 5.91 Å². The predicted molar refractivity (Wildman–Crippen MR) is 82.8 cm³/mol. The molecule has 22 heavy (non-hydrogen) atoms. The first kappa shape index (κ1) is 15.0. The largest absolute Gasteiger partial charge is 0.493 e. The summed E-state index contributed by atoms with van der Waals surface area (Å²) in [5, 5.41) is 3.18. The highest BCUT2D eigenvalue weighted by Gasteiger charge is 2.40. The molecule has 0 aliphatic heterocycles. The van der Waals surface area contributed by atoms with Crippen molar-refractivity contribution < 1.29 is 19.0 Å². The summed E-state index contributed by atoms with van der Waals surface area (Å²) < 4.78 is 15.9. The number of hydrogen-bond donors (Lipinski definition) is 1. The number of amides is 1. The summed E-state index contributed by atoms with van der Waals surface area (Å²) in [4.78, 5) is 12.5. The Hall–Kier alpha value is -1.91. The van der Waals surface area contributed by atoms with E-state index in [1.54, 1.807) is 33.5 Å². The third-order valence-electron chi connectivity index (χ3n) is 4.98. The molecule has 0 unspecified atom stereocenters. The van der Waals surface area contributed by atoms with E-state index in [-0.39, 0.29) is 5.91 Å². The molecule has 2 saturated carbocycles. The minimum Gasteiger partial charge on any atom is -0.493 e. The Kier molecular flexibility index (Phi) is 4.14. The van der Waals surface area contributed by atoms with Crippen LogP contribution in [0, 0.1) is 11.8 Å². The monoisotopic (exact) mass is 305 g/mol. The molecule has 120 valence electrons. The zero-order valence-electron chi connectivity index (χ0n) is 13.3. The average molecular weight is 305 g/mol. The van der Waals surface area contributed by atoms with Crippen LogP contribution in [0.25, 0.3) is 0 Å². The SMILES string of the molecule is COc1cc(C(=O)N[C@@H]2C[C@H]3CC[C@H]2C3)cc(OC)c1OC. The zero-order valence-corrected chi connectivity index (χ0v) is 13.3. The van der Waals surface area contributed by atoms with Crippen molar-refractivity contribution in [2.24, 2.45) is 11.8 Å². The number of carbonyl (C=O) groups is 1. The molecular formula is C17H23NO4. The maximum absolute atomic E-state index is 12.5. The highest BCUT2D eigenvalue weighted by molar-refractivity contribution is 5.95. The highest BCUT2D eigenvalue weighted by atomic mass is 16.5. The summed E-state index contributed by atoms with van der Waals surface area (Å²) in [5.74, 6) is 2.88. The molecule has 0 aromatic heterocycles. The third-order valence-corrected chi connectivity index (χ3v) is 4.98. The molecule has 0 spiro atoms. The maximum atomic E-state index is 12.5. The van der Waals surface area contributed by atoms with Crippen molar-refractivity contribution >= 4 is 5.91 Å². The number of methoxy groups -OCH3 is 3. The van der Waals surface area contributed by atoms with Gasteiger partial charge in [-0.15, -0.1) is 0 Å². The molecule has 1 aromatic rings. The van der Waals surface area contributed by atoms with E-state index in [0.29, 0.717) is 34.8 Å². The van der Waals surface area contributed by atoms with Gasteiger partial charge in [0.15, 0.2) is 11.5 Å². The lowest BCUT2D eigenvalue weighted by Gasteiger charge is -2.23. The van der Waals surface area contributed by atoms with Gasteiger partial charge in [-0.05, 0) is 43.2 Å². The fourth-order valence-corrected chi connectivity index (χ4v) is 3.89. The molecule has 0 heterocycles. The van der Waals surface area contributed by atoms with Crippen molar-refractivity contribution in [1.29, 1.82) is 0 Å².